The zero-order chi connectivity index (χ0) is 19.7. The summed E-state index contributed by atoms with van der Waals surface area (Å²) in [4.78, 5) is 38.3. The normalized spacial score (nSPS) is 16.7. The van der Waals surface area contributed by atoms with Gasteiger partial charge in [-0.2, -0.15) is 0 Å². The number of anilines is 2. The van der Waals surface area contributed by atoms with Gasteiger partial charge in [0.1, 0.15) is 11.0 Å². The molecule has 1 atom stereocenters. The Morgan fingerprint density at radius 3 is 2.63 bits per heavy atom. The molecule has 1 aliphatic rings. The number of nitrogens with zero attached hydrogens (tertiary/aromatic N) is 1. The van der Waals surface area contributed by atoms with Crippen LogP contribution in [0, 0.1) is 13.8 Å². The van der Waals surface area contributed by atoms with Crippen molar-refractivity contribution in [3.05, 3.63) is 52.5 Å². The minimum Gasteiger partial charge on any atom is -0.506 e. The van der Waals surface area contributed by atoms with Crippen molar-refractivity contribution in [2.24, 2.45) is 0 Å². The van der Waals surface area contributed by atoms with E-state index >= 15 is 0 Å². The molecule has 140 valence electrons. The summed E-state index contributed by atoms with van der Waals surface area (Å²) in [5.74, 6) is -1.06. The number of imide groups is 1. The summed E-state index contributed by atoms with van der Waals surface area (Å²) in [6.45, 7) is 3.85. The van der Waals surface area contributed by atoms with Crippen molar-refractivity contribution >= 4 is 51.8 Å². The highest BCUT2D eigenvalue weighted by molar-refractivity contribution is 8.15. The first-order valence-corrected chi connectivity index (χ1v) is 9.42. The predicted octanol–water partition coefficient (Wildman–Crippen LogP) is 4.26. The molecule has 8 heteroatoms. The van der Waals surface area contributed by atoms with Crippen LogP contribution in [-0.4, -0.2) is 27.4 Å². The van der Waals surface area contributed by atoms with Crippen molar-refractivity contribution < 1.29 is 19.5 Å². The SMILES string of the molecule is Cc1ccc(N2C(=O)SC(CC(=O)Nc3cc(Cl)ccc3O)C2=O)cc1C. The minimum absolute atomic E-state index is 0.133. The highest BCUT2D eigenvalue weighted by Gasteiger charge is 2.41. The molecule has 6 nitrogen and oxygen atoms in total. The van der Waals surface area contributed by atoms with Crippen molar-refractivity contribution in [1.29, 1.82) is 0 Å². The Morgan fingerprint density at radius 2 is 1.93 bits per heavy atom. The number of carbonyl (C=O) groups is 3. The van der Waals surface area contributed by atoms with Gasteiger partial charge in [0.05, 0.1) is 11.4 Å². The monoisotopic (exact) mass is 404 g/mol. The number of halogens is 1. The van der Waals surface area contributed by atoms with Gasteiger partial charge in [-0.1, -0.05) is 17.7 Å². The van der Waals surface area contributed by atoms with Crippen LogP contribution in [0.2, 0.25) is 5.02 Å². The third-order valence-electron chi connectivity index (χ3n) is 4.27. The van der Waals surface area contributed by atoms with Crippen LogP contribution in [0.25, 0.3) is 0 Å². The van der Waals surface area contributed by atoms with Crippen LogP contribution >= 0.6 is 23.4 Å². The van der Waals surface area contributed by atoms with E-state index in [1.165, 1.54) is 18.2 Å². The van der Waals surface area contributed by atoms with E-state index in [1.807, 2.05) is 19.9 Å². The second-order valence-electron chi connectivity index (χ2n) is 6.23. The number of hydrogen-bond acceptors (Lipinski definition) is 5. The van der Waals surface area contributed by atoms with E-state index in [-0.39, 0.29) is 17.9 Å². The Morgan fingerprint density at radius 1 is 1.19 bits per heavy atom. The summed E-state index contributed by atoms with van der Waals surface area (Å²) >= 11 is 6.67. The largest absolute Gasteiger partial charge is 0.506 e. The molecule has 1 aliphatic heterocycles. The first kappa shape index (κ1) is 19.3. The van der Waals surface area contributed by atoms with Gasteiger partial charge in [0.15, 0.2) is 0 Å². The molecule has 0 aliphatic carbocycles. The average molecular weight is 405 g/mol. The van der Waals surface area contributed by atoms with E-state index in [0.29, 0.717) is 10.7 Å². The Kier molecular flexibility index (Phi) is 5.43. The first-order valence-electron chi connectivity index (χ1n) is 8.16. The van der Waals surface area contributed by atoms with Crippen LogP contribution in [0.4, 0.5) is 16.2 Å². The van der Waals surface area contributed by atoms with E-state index in [4.69, 9.17) is 11.6 Å². The van der Waals surface area contributed by atoms with Gasteiger partial charge in [0.25, 0.3) is 5.24 Å². The smallest absolute Gasteiger partial charge is 0.293 e. The zero-order valence-electron chi connectivity index (χ0n) is 14.7. The predicted molar refractivity (Wildman–Crippen MR) is 107 cm³/mol. The lowest BCUT2D eigenvalue weighted by molar-refractivity contribution is -0.121. The summed E-state index contributed by atoms with van der Waals surface area (Å²) in [5, 5.41) is 11.4. The highest BCUT2D eigenvalue weighted by Crippen LogP contribution is 2.34. The molecule has 0 radical (unpaired) electrons. The molecule has 0 bridgehead atoms. The van der Waals surface area contributed by atoms with Gasteiger partial charge < -0.3 is 10.4 Å². The third kappa shape index (κ3) is 4.09. The summed E-state index contributed by atoms with van der Waals surface area (Å²) < 4.78 is 0. The van der Waals surface area contributed by atoms with Gasteiger partial charge in [0.2, 0.25) is 11.8 Å². The van der Waals surface area contributed by atoms with Gasteiger partial charge in [-0.25, -0.2) is 4.90 Å². The van der Waals surface area contributed by atoms with Crippen LogP contribution in [0.1, 0.15) is 17.5 Å². The molecule has 1 saturated heterocycles. The topological polar surface area (TPSA) is 86.7 Å². The van der Waals surface area contributed by atoms with Crippen molar-refractivity contribution in [3.8, 4) is 5.75 Å². The molecule has 2 aromatic carbocycles. The van der Waals surface area contributed by atoms with Crippen molar-refractivity contribution in [2.45, 2.75) is 25.5 Å². The Balaban J connectivity index is 1.72. The van der Waals surface area contributed by atoms with Crippen LogP contribution in [-0.2, 0) is 9.59 Å². The first-order chi connectivity index (χ1) is 12.8. The van der Waals surface area contributed by atoms with Gasteiger partial charge in [-0.05, 0) is 67.1 Å². The molecular formula is C19H17ClN2O4S. The quantitative estimate of drug-likeness (QED) is 0.743. The maximum absolute atomic E-state index is 12.7. The number of phenols is 1. The summed E-state index contributed by atoms with van der Waals surface area (Å²) in [6.07, 6.45) is -0.192. The van der Waals surface area contributed by atoms with Gasteiger partial charge in [-0.15, -0.1) is 0 Å². The molecule has 1 heterocycles. The molecule has 0 saturated carbocycles. The van der Waals surface area contributed by atoms with Gasteiger partial charge in [0, 0.05) is 11.4 Å². The maximum atomic E-state index is 12.7. The van der Waals surface area contributed by atoms with Crippen molar-refractivity contribution in [3.63, 3.8) is 0 Å². The number of hydrogen-bond donors (Lipinski definition) is 2. The number of nitrogens with one attached hydrogen (secondary N) is 1. The minimum atomic E-state index is -0.819. The van der Waals surface area contributed by atoms with E-state index in [2.05, 4.69) is 5.32 Å². The molecule has 27 heavy (non-hydrogen) atoms. The second kappa shape index (κ2) is 7.62. The standard InChI is InChI=1S/C19H17ClN2O4S/c1-10-3-5-13(7-11(10)2)22-18(25)16(27-19(22)26)9-17(24)21-14-8-12(20)4-6-15(14)23/h3-8,16,23H,9H2,1-2H3,(H,21,24). The van der Waals surface area contributed by atoms with Gasteiger partial charge in [-0.3, -0.25) is 14.4 Å². The lowest BCUT2D eigenvalue weighted by Crippen LogP contribution is -2.33. The molecule has 2 aromatic rings. The number of aromatic hydroxyl groups is 1. The van der Waals surface area contributed by atoms with E-state index in [9.17, 15) is 19.5 Å². The average Bonchev–Trinajstić information content (AvgIpc) is 2.87. The van der Waals surface area contributed by atoms with Crippen molar-refractivity contribution in [1.82, 2.24) is 0 Å². The third-order valence-corrected chi connectivity index (χ3v) is 5.55. The number of aryl methyl sites for hydroxylation is 2. The van der Waals surface area contributed by atoms with Gasteiger partial charge >= 0.3 is 0 Å². The van der Waals surface area contributed by atoms with Crippen LogP contribution in [0.3, 0.4) is 0 Å². The molecule has 0 aromatic heterocycles. The van der Waals surface area contributed by atoms with E-state index in [0.717, 1.165) is 27.8 Å². The number of thioether (sulfide) groups is 1. The molecule has 0 spiro atoms. The fourth-order valence-electron chi connectivity index (χ4n) is 2.66. The molecular weight excluding hydrogens is 388 g/mol. The molecule has 3 amide bonds. The fourth-order valence-corrected chi connectivity index (χ4v) is 3.82. The fraction of sp³-hybridized carbons (Fsp3) is 0.211. The molecule has 2 N–H and O–H groups in total. The number of phenolic OH excluding ortho intramolecular Hbond substituents is 1. The summed E-state index contributed by atoms with van der Waals surface area (Å²) in [5.41, 5.74) is 2.68. The van der Waals surface area contributed by atoms with Crippen LogP contribution < -0.4 is 10.2 Å². The number of amides is 3. The molecule has 1 unspecified atom stereocenters. The van der Waals surface area contributed by atoms with Crippen molar-refractivity contribution in [2.75, 3.05) is 10.2 Å². The highest BCUT2D eigenvalue weighted by atomic mass is 35.5. The lowest BCUT2D eigenvalue weighted by Gasteiger charge is -2.15. The Bertz CT molecular complexity index is 947. The Hall–Kier alpha value is -2.51. The summed E-state index contributed by atoms with van der Waals surface area (Å²) in [6, 6.07) is 9.59. The summed E-state index contributed by atoms with van der Waals surface area (Å²) in [7, 11) is 0. The zero-order valence-corrected chi connectivity index (χ0v) is 16.2. The van der Waals surface area contributed by atoms with Crippen LogP contribution in [0.5, 0.6) is 5.75 Å². The number of rotatable bonds is 4. The second-order valence-corrected chi connectivity index (χ2v) is 7.82. The van der Waals surface area contributed by atoms with E-state index < -0.39 is 22.3 Å². The number of benzene rings is 2. The molecule has 3 rings (SSSR count). The lowest BCUT2D eigenvalue weighted by atomic mass is 10.1. The van der Waals surface area contributed by atoms with Crippen LogP contribution in [0.15, 0.2) is 36.4 Å². The van der Waals surface area contributed by atoms with E-state index in [1.54, 1.807) is 12.1 Å². The number of carbonyl (C=O) groups excluding carboxylic acids is 3. The maximum Gasteiger partial charge on any atom is 0.293 e. The Labute approximate surface area is 165 Å². The molecule has 1 fully saturated rings.